The van der Waals surface area contributed by atoms with Crippen LogP contribution >= 0.6 is 0 Å². The van der Waals surface area contributed by atoms with Gasteiger partial charge in [-0.25, -0.2) is 0 Å². The Morgan fingerprint density at radius 1 is 1.55 bits per heavy atom. The van der Waals surface area contributed by atoms with Crippen LogP contribution in [0.1, 0.15) is 25.5 Å². The maximum absolute atomic E-state index is 4.26. The van der Waals surface area contributed by atoms with Crippen LogP contribution in [0, 0.1) is 0 Å². The van der Waals surface area contributed by atoms with Gasteiger partial charge >= 0.3 is 0 Å². The summed E-state index contributed by atoms with van der Waals surface area (Å²) >= 11 is 0. The monoisotopic (exact) mass is 153 g/mol. The highest BCUT2D eigenvalue weighted by Gasteiger charge is 2.06. The van der Waals surface area contributed by atoms with Gasteiger partial charge in [0.1, 0.15) is 5.82 Å². The Labute approximate surface area is 67.4 Å². The van der Waals surface area contributed by atoms with Crippen molar-refractivity contribution >= 4 is 5.82 Å². The van der Waals surface area contributed by atoms with Crippen LogP contribution in [0.2, 0.25) is 0 Å². The number of aryl methyl sites for hydroxylation is 1. The SMILES string of the molecule is CNc1cc(C(C)C)n(C)n1. The maximum Gasteiger partial charge on any atom is 0.148 e. The molecule has 1 aromatic rings. The molecule has 0 spiro atoms. The first kappa shape index (κ1) is 8.11. The van der Waals surface area contributed by atoms with Gasteiger partial charge in [-0.2, -0.15) is 5.10 Å². The summed E-state index contributed by atoms with van der Waals surface area (Å²) in [5.41, 5.74) is 1.26. The Morgan fingerprint density at radius 3 is 2.45 bits per heavy atom. The molecule has 0 saturated carbocycles. The van der Waals surface area contributed by atoms with Gasteiger partial charge in [-0.1, -0.05) is 13.8 Å². The first-order valence-electron chi connectivity index (χ1n) is 3.87. The lowest BCUT2D eigenvalue weighted by Gasteiger charge is -2.02. The van der Waals surface area contributed by atoms with Crippen LogP contribution in [0.3, 0.4) is 0 Å². The Balaban J connectivity index is 2.97. The first-order chi connectivity index (χ1) is 5.15. The summed E-state index contributed by atoms with van der Waals surface area (Å²) in [5.74, 6) is 1.48. The number of hydrogen-bond donors (Lipinski definition) is 1. The van der Waals surface area contributed by atoms with Gasteiger partial charge in [0.05, 0.1) is 0 Å². The van der Waals surface area contributed by atoms with E-state index in [2.05, 4.69) is 30.3 Å². The van der Waals surface area contributed by atoms with E-state index in [4.69, 9.17) is 0 Å². The second-order valence-corrected chi connectivity index (χ2v) is 2.98. The van der Waals surface area contributed by atoms with Crippen molar-refractivity contribution in [1.82, 2.24) is 9.78 Å². The Kier molecular flexibility index (Phi) is 2.17. The molecule has 1 N–H and O–H groups in total. The summed E-state index contributed by atoms with van der Waals surface area (Å²) in [6, 6.07) is 2.07. The van der Waals surface area contributed by atoms with Gasteiger partial charge in [0, 0.05) is 25.9 Å². The third-order valence-corrected chi connectivity index (χ3v) is 1.76. The zero-order chi connectivity index (χ0) is 8.43. The fourth-order valence-corrected chi connectivity index (χ4v) is 1.14. The zero-order valence-corrected chi connectivity index (χ0v) is 7.55. The molecular formula is C8H15N3. The van der Waals surface area contributed by atoms with Gasteiger partial charge in [-0.15, -0.1) is 0 Å². The van der Waals surface area contributed by atoms with Crippen molar-refractivity contribution in [3.63, 3.8) is 0 Å². The molecule has 0 aliphatic carbocycles. The predicted molar refractivity (Wildman–Crippen MR) is 46.8 cm³/mol. The van der Waals surface area contributed by atoms with E-state index in [1.54, 1.807) is 0 Å². The molecule has 0 saturated heterocycles. The Hall–Kier alpha value is -0.990. The van der Waals surface area contributed by atoms with Crippen LogP contribution in [0.4, 0.5) is 5.82 Å². The predicted octanol–water partition coefficient (Wildman–Crippen LogP) is 1.59. The summed E-state index contributed by atoms with van der Waals surface area (Å²) in [6.45, 7) is 4.33. The molecule has 1 rings (SSSR count). The largest absolute Gasteiger partial charge is 0.372 e. The van der Waals surface area contributed by atoms with Gasteiger partial charge < -0.3 is 5.32 Å². The molecule has 11 heavy (non-hydrogen) atoms. The second kappa shape index (κ2) is 2.95. The highest BCUT2D eigenvalue weighted by molar-refractivity contribution is 5.35. The molecule has 3 nitrogen and oxygen atoms in total. The fraction of sp³-hybridized carbons (Fsp3) is 0.625. The third kappa shape index (κ3) is 1.53. The van der Waals surface area contributed by atoms with E-state index < -0.39 is 0 Å². The van der Waals surface area contributed by atoms with Crippen molar-refractivity contribution in [3.05, 3.63) is 11.8 Å². The molecule has 1 heterocycles. The summed E-state index contributed by atoms with van der Waals surface area (Å²) in [6.07, 6.45) is 0. The van der Waals surface area contributed by atoms with Gasteiger partial charge in [0.15, 0.2) is 0 Å². The molecular weight excluding hydrogens is 138 g/mol. The van der Waals surface area contributed by atoms with E-state index in [1.807, 2.05) is 18.8 Å². The average molecular weight is 153 g/mol. The molecule has 0 atom stereocenters. The van der Waals surface area contributed by atoms with Crippen molar-refractivity contribution in [1.29, 1.82) is 0 Å². The quantitative estimate of drug-likeness (QED) is 0.699. The zero-order valence-electron chi connectivity index (χ0n) is 7.55. The van der Waals surface area contributed by atoms with Crippen LogP contribution in [-0.4, -0.2) is 16.8 Å². The van der Waals surface area contributed by atoms with Crippen LogP contribution < -0.4 is 5.32 Å². The van der Waals surface area contributed by atoms with E-state index in [9.17, 15) is 0 Å². The minimum Gasteiger partial charge on any atom is -0.372 e. The van der Waals surface area contributed by atoms with Gasteiger partial charge in [0.25, 0.3) is 0 Å². The number of aromatic nitrogens is 2. The van der Waals surface area contributed by atoms with Gasteiger partial charge in [0.2, 0.25) is 0 Å². The molecule has 0 amide bonds. The third-order valence-electron chi connectivity index (χ3n) is 1.76. The standard InChI is InChI=1S/C8H15N3/c1-6(2)7-5-8(9-3)10-11(7)4/h5-6H,1-4H3,(H,9,10). The normalized spacial score (nSPS) is 10.6. The Morgan fingerprint density at radius 2 is 2.18 bits per heavy atom. The summed E-state index contributed by atoms with van der Waals surface area (Å²) in [5, 5.41) is 7.27. The molecule has 0 aliphatic rings. The molecule has 0 aromatic carbocycles. The molecule has 1 aromatic heterocycles. The van der Waals surface area contributed by atoms with Crippen LogP contribution in [0.5, 0.6) is 0 Å². The summed E-state index contributed by atoms with van der Waals surface area (Å²) < 4.78 is 1.91. The topological polar surface area (TPSA) is 29.9 Å². The van der Waals surface area contributed by atoms with E-state index in [0.29, 0.717) is 5.92 Å². The van der Waals surface area contributed by atoms with Crippen molar-refractivity contribution in [2.45, 2.75) is 19.8 Å². The van der Waals surface area contributed by atoms with E-state index in [0.717, 1.165) is 5.82 Å². The number of rotatable bonds is 2. The lowest BCUT2D eigenvalue weighted by Crippen LogP contribution is -1.99. The van der Waals surface area contributed by atoms with E-state index in [-0.39, 0.29) is 0 Å². The smallest absolute Gasteiger partial charge is 0.148 e. The lowest BCUT2D eigenvalue weighted by atomic mass is 10.1. The minimum atomic E-state index is 0.537. The van der Waals surface area contributed by atoms with Gasteiger partial charge in [-0.05, 0) is 5.92 Å². The summed E-state index contributed by atoms with van der Waals surface area (Å²) in [4.78, 5) is 0. The summed E-state index contributed by atoms with van der Waals surface area (Å²) in [7, 11) is 3.85. The van der Waals surface area contributed by atoms with Crippen LogP contribution in [0.25, 0.3) is 0 Å². The molecule has 0 radical (unpaired) electrons. The molecule has 0 bridgehead atoms. The number of nitrogens with one attached hydrogen (secondary N) is 1. The van der Waals surface area contributed by atoms with Crippen LogP contribution in [-0.2, 0) is 7.05 Å². The second-order valence-electron chi connectivity index (χ2n) is 2.98. The average Bonchev–Trinajstić information content (AvgIpc) is 2.30. The lowest BCUT2D eigenvalue weighted by molar-refractivity contribution is 0.670. The molecule has 0 aliphatic heterocycles. The Bertz CT molecular complexity index is 237. The van der Waals surface area contributed by atoms with E-state index in [1.165, 1.54) is 5.69 Å². The van der Waals surface area contributed by atoms with Crippen molar-refractivity contribution in [3.8, 4) is 0 Å². The minimum absolute atomic E-state index is 0.537. The molecule has 3 heteroatoms. The fourth-order valence-electron chi connectivity index (χ4n) is 1.14. The molecule has 0 fully saturated rings. The van der Waals surface area contributed by atoms with Gasteiger partial charge in [-0.3, -0.25) is 4.68 Å². The molecule has 62 valence electrons. The van der Waals surface area contributed by atoms with Crippen molar-refractivity contribution in [2.24, 2.45) is 7.05 Å². The van der Waals surface area contributed by atoms with Crippen LogP contribution in [0.15, 0.2) is 6.07 Å². The highest BCUT2D eigenvalue weighted by atomic mass is 15.3. The van der Waals surface area contributed by atoms with Crippen molar-refractivity contribution < 1.29 is 0 Å². The number of hydrogen-bond acceptors (Lipinski definition) is 2. The highest BCUT2D eigenvalue weighted by Crippen LogP contribution is 2.16. The number of nitrogens with zero attached hydrogens (tertiary/aromatic N) is 2. The van der Waals surface area contributed by atoms with Crippen molar-refractivity contribution in [2.75, 3.05) is 12.4 Å². The molecule has 0 unspecified atom stereocenters. The maximum atomic E-state index is 4.26. The van der Waals surface area contributed by atoms with E-state index >= 15 is 0 Å². The number of anilines is 1. The first-order valence-corrected chi connectivity index (χ1v) is 3.87.